The van der Waals surface area contributed by atoms with Crippen LogP contribution >= 0.6 is 0 Å². The molecule has 3 aliphatic rings. The van der Waals surface area contributed by atoms with Crippen LogP contribution < -0.4 is 4.90 Å². The summed E-state index contributed by atoms with van der Waals surface area (Å²) in [6, 6.07) is 22.7. The minimum absolute atomic E-state index is 0.0165. The number of hydrogen-bond donors (Lipinski definition) is 0. The molecule has 198 valence electrons. The zero-order chi connectivity index (χ0) is 26.3. The molecule has 1 spiro atoms. The van der Waals surface area contributed by atoms with Crippen molar-refractivity contribution in [1.82, 2.24) is 14.1 Å². The number of carbonyl (C=O) groups excluding carboxylic acids is 2. The summed E-state index contributed by atoms with van der Waals surface area (Å²) < 4.78 is 28.7. The third-order valence-electron chi connectivity index (χ3n) is 8.28. The van der Waals surface area contributed by atoms with E-state index in [1.165, 1.54) is 4.31 Å². The van der Waals surface area contributed by atoms with Crippen molar-refractivity contribution in [3.8, 4) is 0 Å². The molecule has 0 aliphatic carbocycles. The normalized spacial score (nSPS) is 20.1. The lowest BCUT2D eigenvalue weighted by Gasteiger charge is -2.42. The monoisotopic (exact) mass is 532 g/mol. The first-order valence-electron chi connectivity index (χ1n) is 13.3. The van der Waals surface area contributed by atoms with E-state index in [-0.39, 0.29) is 36.3 Å². The molecule has 3 aromatic rings. The molecule has 0 atom stereocenters. The van der Waals surface area contributed by atoms with Gasteiger partial charge in [0.1, 0.15) is 12.1 Å². The Morgan fingerprint density at radius 1 is 0.816 bits per heavy atom. The summed E-state index contributed by atoms with van der Waals surface area (Å²) in [5.41, 5.74) is 0.0324. The number of fused-ring (bicyclic) bond motifs is 1. The average Bonchev–Trinajstić information content (AvgIpc) is 3.58. The quantitative estimate of drug-likeness (QED) is 0.504. The maximum absolute atomic E-state index is 13.9. The van der Waals surface area contributed by atoms with Crippen LogP contribution in [0, 0.1) is 0 Å². The Labute approximate surface area is 223 Å². The van der Waals surface area contributed by atoms with E-state index >= 15 is 0 Å². The Morgan fingerprint density at radius 2 is 1.47 bits per heavy atom. The highest BCUT2D eigenvalue weighted by Gasteiger charge is 2.55. The van der Waals surface area contributed by atoms with Crippen molar-refractivity contribution in [3.05, 3.63) is 72.8 Å². The summed E-state index contributed by atoms with van der Waals surface area (Å²) in [5.74, 6) is -0.103. The van der Waals surface area contributed by atoms with E-state index in [4.69, 9.17) is 0 Å². The van der Waals surface area contributed by atoms with E-state index in [9.17, 15) is 18.0 Å². The number of likely N-dealkylation sites (tertiary alicyclic amines) is 1. The van der Waals surface area contributed by atoms with Crippen molar-refractivity contribution in [2.45, 2.75) is 36.1 Å². The van der Waals surface area contributed by atoms with Gasteiger partial charge in [0.2, 0.25) is 21.8 Å². The number of amides is 2. The number of benzene rings is 3. The molecule has 2 amide bonds. The first-order valence-corrected chi connectivity index (χ1v) is 14.7. The molecule has 3 fully saturated rings. The minimum atomic E-state index is -3.71. The number of piperidine rings is 1. The van der Waals surface area contributed by atoms with Crippen LogP contribution in [-0.4, -0.2) is 79.3 Å². The lowest BCUT2D eigenvalue weighted by atomic mass is 9.86. The number of sulfonamides is 1. The predicted octanol–water partition coefficient (Wildman–Crippen LogP) is 3.29. The lowest BCUT2D eigenvalue weighted by molar-refractivity contribution is -0.140. The first kappa shape index (κ1) is 24.9. The maximum Gasteiger partial charge on any atom is 0.250 e. The zero-order valence-corrected chi connectivity index (χ0v) is 22.1. The van der Waals surface area contributed by atoms with Crippen molar-refractivity contribution in [1.29, 1.82) is 0 Å². The van der Waals surface area contributed by atoms with Gasteiger partial charge in [-0.2, -0.15) is 4.31 Å². The predicted molar refractivity (Wildman–Crippen MR) is 146 cm³/mol. The van der Waals surface area contributed by atoms with Crippen LogP contribution in [0.25, 0.3) is 10.8 Å². The fraction of sp³-hybridized carbons (Fsp3) is 0.379. The van der Waals surface area contributed by atoms with E-state index in [2.05, 4.69) is 4.90 Å². The van der Waals surface area contributed by atoms with Crippen LogP contribution in [0.1, 0.15) is 25.7 Å². The Bertz CT molecular complexity index is 1460. The Hall–Kier alpha value is -3.43. The van der Waals surface area contributed by atoms with Gasteiger partial charge in [0, 0.05) is 31.9 Å². The number of rotatable bonds is 5. The highest BCUT2D eigenvalue weighted by molar-refractivity contribution is 7.89. The Kier molecular flexibility index (Phi) is 6.36. The van der Waals surface area contributed by atoms with Gasteiger partial charge in [0.25, 0.3) is 0 Å². The second-order valence-corrected chi connectivity index (χ2v) is 12.4. The number of hydrogen-bond acceptors (Lipinski definition) is 5. The molecule has 9 heteroatoms. The molecule has 3 aromatic carbocycles. The third-order valence-corrected chi connectivity index (χ3v) is 10.2. The van der Waals surface area contributed by atoms with Gasteiger partial charge in [-0.1, -0.05) is 48.5 Å². The summed E-state index contributed by atoms with van der Waals surface area (Å²) in [6.07, 6.45) is 2.73. The van der Waals surface area contributed by atoms with Gasteiger partial charge in [0.15, 0.2) is 0 Å². The Balaban J connectivity index is 1.25. The fourth-order valence-electron chi connectivity index (χ4n) is 6.13. The molecule has 0 N–H and O–H groups in total. The van der Waals surface area contributed by atoms with Crippen LogP contribution in [-0.2, 0) is 19.6 Å². The number of para-hydroxylation sites is 1. The standard InChI is InChI=1S/C29H32N4O4S/c34-27(30-16-6-7-17-30)21-31-22-33(25-10-2-1-3-11-25)29(28(31)35)14-18-32(19-15-29)38(36,37)26-13-12-23-8-4-5-9-24(23)20-26/h1-5,8-13,20H,6-7,14-19,21-22H2. The molecule has 0 saturated carbocycles. The van der Waals surface area contributed by atoms with Crippen molar-refractivity contribution in [2.24, 2.45) is 0 Å². The summed E-state index contributed by atoms with van der Waals surface area (Å²) in [6.45, 7) is 2.34. The molecule has 6 rings (SSSR count). The van der Waals surface area contributed by atoms with Gasteiger partial charge in [-0.15, -0.1) is 0 Å². The van der Waals surface area contributed by atoms with Crippen molar-refractivity contribution in [2.75, 3.05) is 44.3 Å². The second kappa shape index (κ2) is 9.71. The minimum Gasteiger partial charge on any atom is -0.341 e. The molecular formula is C29H32N4O4S. The van der Waals surface area contributed by atoms with Gasteiger partial charge in [-0.05, 0) is 60.7 Å². The van der Waals surface area contributed by atoms with E-state index in [1.807, 2.05) is 65.6 Å². The first-order chi connectivity index (χ1) is 18.4. The molecule has 3 saturated heterocycles. The van der Waals surface area contributed by atoms with Gasteiger partial charge in [-0.3, -0.25) is 9.59 Å². The summed E-state index contributed by atoms with van der Waals surface area (Å²) in [4.78, 5) is 32.7. The van der Waals surface area contributed by atoms with Gasteiger partial charge in [-0.25, -0.2) is 8.42 Å². The average molecular weight is 533 g/mol. The zero-order valence-electron chi connectivity index (χ0n) is 21.3. The summed E-state index contributed by atoms with van der Waals surface area (Å²) in [5, 5.41) is 1.87. The van der Waals surface area contributed by atoms with E-state index in [0.717, 1.165) is 42.4 Å². The van der Waals surface area contributed by atoms with Crippen LogP contribution in [0.3, 0.4) is 0 Å². The van der Waals surface area contributed by atoms with Crippen LogP contribution in [0.4, 0.5) is 5.69 Å². The molecule has 3 heterocycles. The SMILES string of the molecule is O=C(CN1CN(c2ccccc2)C2(CCN(S(=O)(=O)c3ccc4ccccc4c3)CC2)C1=O)N1CCCC1. The number of nitrogens with zero attached hydrogens (tertiary/aromatic N) is 4. The summed E-state index contributed by atoms with van der Waals surface area (Å²) >= 11 is 0. The van der Waals surface area contributed by atoms with Crippen molar-refractivity contribution >= 4 is 38.3 Å². The van der Waals surface area contributed by atoms with E-state index in [1.54, 1.807) is 17.0 Å². The molecule has 38 heavy (non-hydrogen) atoms. The number of carbonyl (C=O) groups is 2. The summed E-state index contributed by atoms with van der Waals surface area (Å²) in [7, 11) is -3.71. The van der Waals surface area contributed by atoms with Crippen molar-refractivity contribution < 1.29 is 18.0 Å². The second-order valence-electron chi connectivity index (χ2n) is 10.4. The lowest BCUT2D eigenvalue weighted by Crippen LogP contribution is -2.57. The Morgan fingerprint density at radius 3 is 2.18 bits per heavy atom. The van der Waals surface area contributed by atoms with Crippen molar-refractivity contribution in [3.63, 3.8) is 0 Å². The van der Waals surface area contributed by atoms with Crippen LogP contribution in [0.15, 0.2) is 77.7 Å². The van der Waals surface area contributed by atoms with Gasteiger partial charge in [0.05, 0.1) is 11.6 Å². The molecule has 0 bridgehead atoms. The highest BCUT2D eigenvalue weighted by atomic mass is 32.2. The molecule has 0 radical (unpaired) electrons. The van der Waals surface area contributed by atoms with Gasteiger partial charge >= 0.3 is 0 Å². The van der Waals surface area contributed by atoms with Gasteiger partial charge < -0.3 is 14.7 Å². The molecule has 3 aliphatic heterocycles. The topological polar surface area (TPSA) is 81.2 Å². The molecular weight excluding hydrogens is 500 g/mol. The largest absolute Gasteiger partial charge is 0.341 e. The molecule has 8 nitrogen and oxygen atoms in total. The van der Waals surface area contributed by atoms with E-state index in [0.29, 0.717) is 19.5 Å². The maximum atomic E-state index is 13.9. The van der Waals surface area contributed by atoms with Crippen LogP contribution in [0.5, 0.6) is 0 Å². The third kappa shape index (κ3) is 4.23. The smallest absolute Gasteiger partial charge is 0.250 e. The molecule has 0 unspecified atom stereocenters. The van der Waals surface area contributed by atoms with E-state index < -0.39 is 15.6 Å². The fourth-order valence-corrected chi connectivity index (χ4v) is 7.60. The number of anilines is 1. The molecule has 0 aromatic heterocycles. The van der Waals surface area contributed by atoms with Crippen LogP contribution in [0.2, 0.25) is 0 Å². The highest BCUT2D eigenvalue weighted by Crippen LogP contribution is 2.40.